The zero-order valence-electron chi connectivity index (χ0n) is 12.2. The van der Waals surface area contributed by atoms with E-state index >= 15 is 0 Å². The summed E-state index contributed by atoms with van der Waals surface area (Å²) in [5, 5.41) is 17.6. The van der Waals surface area contributed by atoms with Crippen LogP contribution in [0, 0.1) is 0 Å². The fourth-order valence-corrected chi connectivity index (χ4v) is 2.87. The van der Waals surface area contributed by atoms with Crippen LogP contribution in [0.15, 0.2) is 11.5 Å². The maximum absolute atomic E-state index is 12.3. The first-order valence-corrected chi connectivity index (χ1v) is 8.05. The van der Waals surface area contributed by atoms with E-state index in [4.69, 9.17) is 5.11 Å². The van der Waals surface area contributed by atoms with E-state index in [0.717, 1.165) is 24.4 Å². The van der Waals surface area contributed by atoms with Crippen molar-refractivity contribution in [3.05, 3.63) is 6.33 Å². The van der Waals surface area contributed by atoms with Gasteiger partial charge in [0.2, 0.25) is 5.91 Å². The van der Waals surface area contributed by atoms with E-state index in [2.05, 4.69) is 10.2 Å². The molecule has 1 heterocycles. The lowest BCUT2D eigenvalue weighted by molar-refractivity contribution is -0.144. The van der Waals surface area contributed by atoms with E-state index in [0.29, 0.717) is 6.04 Å². The predicted molar refractivity (Wildman–Crippen MR) is 78.1 cm³/mol. The van der Waals surface area contributed by atoms with Gasteiger partial charge in [0.05, 0.1) is 5.75 Å². The van der Waals surface area contributed by atoms with Gasteiger partial charge >= 0.3 is 5.97 Å². The monoisotopic (exact) mass is 312 g/mol. The standard InChI is InChI=1S/C13H20N4O3S/c1-3-9(2)16(6-12(19)20)11(18)7-21-13-15-14-8-17(13)10-4-5-10/h8-10H,3-7H2,1-2H3,(H,19,20). The zero-order chi connectivity index (χ0) is 15.4. The lowest BCUT2D eigenvalue weighted by Crippen LogP contribution is -2.42. The number of carbonyl (C=O) groups is 2. The van der Waals surface area contributed by atoms with Crippen molar-refractivity contribution in [2.24, 2.45) is 0 Å². The third-order valence-electron chi connectivity index (χ3n) is 3.55. The van der Waals surface area contributed by atoms with Gasteiger partial charge in [0.15, 0.2) is 5.16 Å². The summed E-state index contributed by atoms with van der Waals surface area (Å²) in [5.41, 5.74) is 0. The van der Waals surface area contributed by atoms with Gasteiger partial charge in [0, 0.05) is 12.1 Å². The first-order chi connectivity index (χ1) is 10.0. The highest BCUT2D eigenvalue weighted by atomic mass is 32.2. The van der Waals surface area contributed by atoms with Crippen LogP contribution in [-0.4, -0.2) is 55.0 Å². The van der Waals surface area contributed by atoms with Crippen molar-refractivity contribution >= 4 is 23.6 Å². The van der Waals surface area contributed by atoms with Gasteiger partial charge in [0.1, 0.15) is 12.9 Å². The molecule has 1 N–H and O–H groups in total. The number of hydrogen-bond acceptors (Lipinski definition) is 5. The number of hydrogen-bond donors (Lipinski definition) is 1. The van der Waals surface area contributed by atoms with Gasteiger partial charge in [-0.1, -0.05) is 18.7 Å². The van der Waals surface area contributed by atoms with E-state index in [9.17, 15) is 9.59 Å². The fraction of sp³-hybridized carbons (Fsp3) is 0.692. The van der Waals surface area contributed by atoms with E-state index in [1.165, 1.54) is 16.7 Å². The molecule has 1 aromatic rings. The molecule has 1 atom stereocenters. The van der Waals surface area contributed by atoms with Gasteiger partial charge in [-0.05, 0) is 26.2 Å². The normalized spacial score (nSPS) is 15.7. The average molecular weight is 312 g/mol. The van der Waals surface area contributed by atoms with Gasteiger partial charge in [-0.25, -0.2) is 0 Å². The number of amides is 1. The molecule has 1 aromatic heterocycles. The molecule has 0 aromatic carbocycles. The molecule has 0 bridgehead atoms. The maximum atomic E-state index is 12.3. The van der Waals surface area contributed by atoms with E-state index in [1.807, 2.05) is 18.4 Å². The van der Waals surface area contributed by atoms with Crippen molar-refractivity contribution in [1.82, 2.24) is 19.7 Å². The number of thioether (sulfide) groups is 1. The largest absolute Gasteiger partial charge is 0.480 e. The van der Waals surface area contributed by atoms with Crippen LogP contribution >= 0.6 is 11.8 Å². The molecule has 1 fully saturated rings. The summed E-state index contributed by atoms with van der Waals surface area (Å²) in [4.78, 5) is 24.6. The molecule has 1 saturated carbocycles. The molecule has 0 spiro atoms. The topological polar surface area (TPSA) is 88.3 Å². The summed E-state index contributed by atoms with van der Waals surface area (Å²) in [7, 11) is 0. The summed E-state index contributed by atoms with van der Waals surface area (Å²) >= 11 is 1.32. The predicted octanol–water partition coefficient (Wildman–Crippen LogP) is 1.42. The van der Waals surface area contributed by atoms with Crippen LogP contribution in [0.4, 0.5) is 0 Å². The van der Waals surface area contributed by atoms with Gasteiger partial charge in [-0.15, -0.1) is 10.2 Å². The first kappa shape index (κ1) is 15.8. The fourth-order valence-electron chi connectivity index (χ4n) is 2.00. The van der Waals surface area contributed by atoms with E-state index in [1.54, 1.807) is 6.33 Å². The lowest BCUT2D eigenvalue weighted by Gasteiger charge is -2.26. The summed E-state index contributed by atoms with van der Waals surface area (Å²) in [6, 6.07) is 0.373. The highest BCUT2D eigenvalue weighted by Gasteiger charge is 2.27. The van der Waals surface area contributed by atoms with E-state index in [-0.39, 0.29) is 24.2 Å². The molecular weight excluding hydrogens is 292 g/mol. The smallest absolute Gasteiger partial charge is 0.323 e. The van der Waals surface area contributed by atoms with Gasteiger partial charge in [-0.3, -0.25) is 9.59 Å². The van der Waals surface area contributed by atoms with Crippen molar-refractivity contribution in [2.75, 3.05) is 12.3 Å². The van der Waals surface area contributed by atoms with Crippen LogP contribution in [0.3, 0.4) is 0 Å². The molecule has 116 valence electrons. The van der Waals surface area contributed by atoms with Crippen molar-refractivity contribution in [3.63, 3.8) is 0 Å². The molecule has 0 radical (unpaired) electrons. The number of aliphatic carboxylic acids is 1. The Morgan fingerprint density at radius 3 is 2.86 bits per heavy atom. The third-order valence-corrected chi connectivity index (χ3v) is 4.50. The third kappa shape index (κ3) is 4.20. The molecule has 7 nitrogen and oxygen atoms in total. The first-order valence-electron chi connectivity index (χ1n) is 7.06. The summed E-state index contributed by atoms with van der Waals surface area (Å²) in [6.45, 7) is 3.53. The molecule has 0 saturated heterocycles. The second-order valence-corrected chi connectivity index (χ2v) is 6.16. The summed E-state index contributed by atoms with van der Waals surface area (Å²) in [5.74, 6) is -0.986. The highest BCUT2D eigenvalue weighted by Crippen LogP contribution is 2.37. The van der Waals surface area contributed by atoms with Crippen LogP contribution in [0.25, 0.3) is 0 Å². The number of nitrogens with zero attached hydrogens (tertiary/aromatic N) is 4. The second-order valence-electron chi connectivity index (χ2n) is 5.21. The number of carbonyl (C=O) groups excluding carboxylic acids is 1. The molecule has 21 heavy (non-hydrogen) atoms. The minimum Gasteiger partial charge on any atom is -0.480 e. The quantitative estimate of drug-likeness (QED) is 0.730. The van der Waals surface area contributed by atoms with Crippen molar-refractivity contribution in [1.29, 1.82) is 0 Å². The molecule has 1 amide bonds. The Morgan fingerprint density at radius 1 is 1.57 bits per heavy atom. The van der Waals surface area contributed by atoms with Gasteiger partial charge in [0.25, 0.3) is 0 Å². The zero-order valence-corrected chi connectivity index (χ0v) is 13.0. The van der Waals surface area contributed by atoms with Crippen LogP contribution in [0.1, 0.15) is 39.2 Å². The number of aromatic nitrogens is 3. The molecule has 1 aliphatic carbocycles. The summed E-state index contributed by atoms with van der Waals surface area (Å²) < 4.78 is 1.99. The average Bonchev–Trinajstić information content (AvgIpc) is 3.20. The van der Waals surface area contributed by atoms with Crippen molar-refractivity contribution < 1.29 is 14.7 Å². The Morgan fingerprint density at radius 2 is 2.29 bits per heavy atom. The minimum atomic E-state index is -0.991. The Kier molecular flexibility index (Phi) is 5.22. The Balaban J connectivity index is 1.94. The van der Waals surface area contributed by atoms with Crippen molar-refractivity contribution in [2.45, 2.75) is 50.4 Å². The SMILES string of the molecule is CCC(C)N(CC(=O)O)C(=O)CSc1nncn1C1CC1. The lowest BCUT2D eigenvalue weighted by atomic mass is 10.2. The van der Waals surface area contributed by atoms with Gasteiger partial charge in [-0.2, -0.15) is 0 Å². The highest BCUT2D eigenvalue weighted by molar-refractivity contribution is 7.99. The minimum absolute atomic E-state index is 0.0875. The summed E-state index contributed by atoms with van der Waals surface area (Å²) in [6.07, 6.45) is 4.66. The number of carboxylic acids is 1. The number of carboxylic acid groups (broad SMARTS) is 1. The van der Waals surface area contributed by atoms with E-state index < -0.39 is 5.97 Å². The Bertz CT molecular complexity index is 515. The number of rotatable bonds is 8. The molecule has 0 aliphatic heterocycles. The Hall–Kier alpha value is -1.57. The maximum Gasteiger partial charge on any atom is 0.323 e. The second kappa shape index (κ2) is 6.93. The molecule has 1 unspecified atom stereocenters. The Labute approximate surface area is 127 Å². The van der Waals surface area contributed by atoms with Gasteiger partial charge < -0.3 is 14.6 Å². The van der Waals surface area contributed by atoms with Crippen molar-refractivity contribution in [3.8, 4) is 0 Å². The molecule has 1 aliphatic rings. The molecule has 2 rings (SSSR count). The van der Waals surface area contributed by atoms with Crippen LogP contribution in [0.2, 0.25) is 0 Å². The van der Waals surface area contributed by atoms with Crippen LogP contribution < -0.4 is 0 Å². The molecule has 8 heteroatoms. The van der Waals surface area contributed by atoms with Crippen LogP contribution in [-0.2, 0) is 9.59 Å². The van der Waals surface area contributed by atoms with Crippen LogP contribution in [0.5, 0.6) is 0 Å². The molecular formula is C13H20N4O3S.